The van der Waals surface area contributed by atoms with Crippen LogP contribution in [0.2, 0.25) is 5.15 Å². The van der Waals surface area contributed by atoms with Crippen molar-refractivity contribution >= 4 is 17.4 Å². The predicted molar refractivity (Wildman–Crippen MR) is 70.7 cm³/mol. The first-order chi connectivity index (χ1) is 8.00. The van der Waals surface area contributed by atoms with Gasteiger partial charge in [0.2, 0.25) is 0 Å². The van der Waals surface area contributed by atoms with Gasteiger partial charge in [0.25, 0.3) is 0 Å². The lowest BCUT2D eigenvalue weighted by Crippen LogP contribution is -2.14. The first-order valence-corrected chi connectivity index (χ1v) is 6.21. The Morgan fingerprint density at radius 1 is 1.24 bits per heavy atom. The van der Waals surface area contributed by atoms with Crippen molar-refractivity contribution in [1.82, 2.24) is 9.97 Å². The molecule has 5 heteroatoms. The van der Waals surface area contributed by atoms with E-state index in [1.807, 2.05) is 13.8 Å². The second kappa shape index (κ2) is 6.77. The van der Waals surface area contributed by atoms with Crippen LogP contribution in [0.25, 0.3) is 0 Å². The van der Waals surface area contributed by atoms with Gasteiger partial charge in [0.1, 0.15) is 0 Å². The standard InChI is InChI=1S/C12H20ClN3O/c1-8(2)7-17-6-5-14-12-11(13)15-9(3)10(4)16-12/h8H,5-7H2,1-4H3,(H,14,16). The first kappa shape index (κ1) is 14.2. The molecule has 1 heterocycles. The number of aromatic nitrogens is 2. The van der Waals surface area contributed by atoms with Crippen molar-refractivity contribution in [2.45, 2.75) is 27.7 Å². The van der Waals surface area contributed by atoms with Crippen molar-refractivity contribution in [2.24, 2.45) is 5.92 Å². The SMILES string of the molecule is Cc1nc(Cl)c(NCCOCC(C)C)nc1C. The van der Waals surface area contributed by atoms with E-state index in [1.165, 1.54) is 0 Å². The number of rotatable bonds is 6. The Labute approximate surface area is 108 Å². The molecule has 0 bridgehead atoms. The molecule has 0 aliphatic rings. The van der Waals surface area contributed by atoms with E-state index < -0.39 is 0 Å². The molecular weight excluding hydrogens is 238 g/mol. The van der Waals surface area contributed by atoms with E-state index in [1.54, 1.807) is 0 Å². The molecule has 0 atom stereocenters. The van der Waals surface area contributed by atoms with E-state index in [0.717, 1.165) is 18.0 Å². The van der Waals surface area contributed by atoms with Crippen LogP contribution in [-0.2, 0) is 4.74 Å². The van der Waals surface area contributed by atoms with E-state index in [2.05, 4.69) is 29.1 Å². The fourth-order valence-electron chi connectivity index (χ4n) is 1.25. The molecule has 0 spiro atoms. The summed E-state index contributed by atoms with van der Waals surface area (Å²) in [5.41, 5.74) is 1.75. The lowest BCUT2D eigenvalue weighted by molar-refractivity contribution is 0.118. The third-order valence-corrected chi connectivity index (χ3v) is 2.52. The molecular formula is C12H20ClN3O. The van der Waals surface area contributed by atoms with Crippen molar-refractivity contribution in [3.8, 4) is 0 Å². The molecule has 0 unspecified atom stereocenters. The largest absolute Gasteiger partial charge is 0.379 e. The summed E-state index contributed by atoms with van der Waals surface area (Å²) in [5.74, 6) is 1.18. The predicted octanol–water partition coefficient (Wildman–Crippen LogP) is 2.83. The number of nitrogens with one attached hydrogen (secondary N) is 1. The third kappa shape index (κ3) is 4.88. The monoisotopic (exact) mass is 257 g/mol. The molecule has 0 saturated carbocycles. The van der Waals surface area contributed by atoms with Gasteiger partial charge < -0.3 is 10.1 Å². The van der Waals surface area contributed by atoms with E-state index in [0.29, 0.717) is 30.0 Å². The van der Waals surface area contributed by atoms with Crippen molar-refractivity contribution in [1.29, 1.82) is 0 Å². The zero-order valence-corrected chi connectivity index (χ0v) is 11.6. The fraction of sp³-hybridized carbons (Fsp3) is 0.667. The van der Waals surface area contributed by atoms with Crippen LogP contribution >= 0.6 is 11.6 Å². The molecule has 96 valence electrons. The molecule has 1 aromatic rings. The van der Waals surface area contributed by atoms with Crippen LogP contribution < -0.4 is 5.32 Å². The minimum atomic E-state index is 0.414. The summed E-state index contributed by atoms with van der Waals surface area (Å²) < 4.78 is 5.46. The van der Waals surface area contributed by atoms with E-state index in [9.17, 15) is 0 Å². The van der Waals surface area contributed by atoms with Crippen molar-refractivity contribution < 1.29 is 4.74 Å². The Morgan fingerprint density at radius 3 is 2.53 bits per heavy atom. The van der Waals surface area contributed by atoms with E-state index in [-0.39, 0.29) is 0 Å². The molecule has 17 heavy (non-hydrogen) atoms. The second-order valence-corrected chi connectivity index (χ2v) is 4.79. The molecule has 0 aliphatic heterocycles. The van der Waals surface area contributed by atoms with Crippen LogP contribution in [0.15, 0.2) is 0 Å². The summed E-state index contributed by atoms with van der Waals surface area (Å²) in [6.45, 7) is 10.2. The highest BCUT2D eigenvalue weighted by Crippen LogP contribution is 2.17. The van der Waals surface area contributed by atoms with Gasteiger partial charge in [-0.2, -0.15) is 0 Å². The topological polar surface area (TPSA) is 47.0 Å². The van der Waals surface area contributed by atoms with E-state index in [4.69, 9.17) is 16.3 Å². The van der Waals surface area contributed by atoms with Gasteiger partial charge in [0.05, 0.1) is 18.0 Å². The molecule has 0 radical (unpaired) electrons. The Balaban J connectivity index is 2.39. The number of hydrogen-bond acceptors (Lipinski definition) is 4. The first-order valence-electron chi connectivity index (χ1n) is 5.83. The van der Waals surface area contributed by atoms with Crippen LogP contribution in [0.1, 0.15) is 25.2 Å². The second-order valence-electron chi connectivity index (χ2n) is 4.43. The van der Waals surface area contributed by atoms with Gasteiger partial charge in [-0.15, -0.1) is 0 Å². The number of ether oxygens (including phenoxy) is 1. The number of anilines is 1. The average molecular weight is 258 g/mol. The lowest BCUT2D eigenvalue weighted by atomic mass is 10.2. The maximum Gasteiger partial charge on any atom is 0.171 e. The van der Waals surface area contributed by atoms with Crippen molar-refractivity contribution in [3.05, 3.63) is 16.5 Å². The quantitative estimate of drug-likeness (QED) is 0.796. The zero-order valence-electron chi connectivity index (χ0n) is 10.9. The Morgan fingerprint density at radius 2 is 1.88 bits per heavy atom. The van der Waals surface area contributed by atoms with Gasteiger partial charge in [0.15, 0.2) is 11.0 Å². The number of halogens is 1. The molecule has 0 aliphatic carbocycles. The van der Waals surface area contributed by atoms with Crippen LogP contribution in [0.4, 0.5) is 5.82 Å². The van der Waals surface area contributed by atoms with Gasteiger partial charge >= 0.3 is 0 Å². The molecule has 1 N–H and O–H groups in total. The highest BCUT2D eigenvalue weighted by atomic mass is 35.5. The Kier molecular flexibility index (Phi) is 5.65. The summed E-state index contributed by atoms with van der Waals surface area (Å²) in [6.07, 6.45) is 0. The van der Waals surface area contributed by atoms with Gasteiger partial charge in [-0.3, -0.25) is 0 Å². The minimum absolute atomic E-state index is 0.414. The summed E-state index contributed by atoms with van der Waals surface area (Å²) in [4.78, 5) is 8.54. The maximum absolute atomic E-state index is 5.99. The van der Waals surface area contributed by atoms with Crippen LogP contribution in [-0.4, -0.2) is 29.7 Å². The molecule has 4 nitrogen and oxygen atoms in total. The van der Waals surface area contributed by atoms with Crippen LogP contribution in [0.3, 0.4) is 0 Å². The summed E-state index contributed by atoms with van der Waals surface area (Å²) in [7, 11) is 0. The van der Waals surface area contributed by atoms with Crippen molar-refractivity contribution in [3.63, 3.8) is 0 Å². The Hall–Kier alpha value is -0.870. The number of nitrogens with zero attached hydrogens (tertiary/aromatic N) is 2. The molecule has 1 aromatic heterocycles. The minimum Gasteiger partial charge on any atom is -0.379 e. The Bertz CT molecular complexity index is 369. The van der Waals surface area contributed by atoms with Crippen molar-refractivity contribution in [2.75, 3.05) is 25.1 Å². The molecule has 0 saturated heterocycles. The zero-order chi connectivity index (χ0) is 12.8. The highest BCUT2D eigenvalue weighted by molar-refractivity contribution is 6.31. The molecule has 1 rings (SSSR count). The van der Waals surface area contributed by atoms with E-state index >= 15 is 0 Å². The summed E-state index contributed by atoms with van der Waals surface area (Å²) in [5, 5.41) is 3.54. The fourth-order valence-corrected chi connectivity index (χ4v) is 1.48. The average Bonchev–Trinajstić information content (AvgIpc) is 2.24. The van der Waals surface area contributed by atoms with Gasteiger partial charge in [-0.1, -0.05) is 25.4 Å². The van der Waals surface area contributed by atoms with Crippen LogP contribution in [0, 0.1) is 19.8 Å². The van der Waals surface area contributed by atoms with Crippen LogP contribution in [0.5, 0.6) is 0 Å². The number of hydrogen-bond donors (Lipinski definition) is 1. The lowest BCUT2D eigenvalue weighted by Gasteiger charge is -2.10. The summed E-state index contributed by atoms with van der Waals surface area (Å²) in [6, 6.07) is 0. The van der Waals surface area contributed by atoms with Gasteiger partial charge in [-0.25, -0.2) is 9.97 Å². The smallest absolute Gasteiger partial charge is 0.171 e. The maximum atomic E-state index is 5.99. The molecule has 0 fully saturated rings. The molecule has 0 amide bonds. The highest BCUT2D eigenvalue weighted by Gasteiger charge is 2.06. The third-order valence-electron chi connectivity index (χ3n) is 2.25. The van der Waals surface area contributed by atoms with Gasteiger partial charge in [0, 0.05) is 13.2 Å². The normalized spacial score (nSPS) is 10.9. The number of aryl methyl sites for hydroxylation is 2. The van der Waals surface area contributed by atoms with Gasteiger partial charge in [-0.05, 0) is 19.8 Å². The molecule has 0 aromatic carbocycles. The summed E-state index contributed by atoms with van der Waals surface area (Å²) >= 11 is 5.99.